The monoisotopic (exact) mass is 1950 g/mol. The van der Waals surface area contributed by atoms with Gasteiger partial charge in [-0.05, 0) is 261 Å². The summed E-state index contributed by atoms with van der Waals surface area (Å²) in [6.45, 7) is 55.3. The average Bonchev–Trinajstić information content (AvgIpc) is 1.75. The van der Waals surface area contributed by atoms with Crippen molar-refractivity contribution in [3.8, 4) is 34.5 Å². The summed E-state index contributed by atoms with van der Waals surface area (Å²) in [5.74, 6) is 2.48. The van der Waals surface area contributed by atoms with Gasteiger partial charge in [-0.15, -0.1) is 0 Å². The van der Waals surface area contributed by atoms with Crippen LogP contribution in [0.25, 0.3) is 0 Å². The highest BCUT2D eigenvalue weighted by atomic mass is 80.9. The van der Waals surface area contributed by atoms with Crippen LogP contribution in [0.4, 0.5) is 0 Å². The fourth-order valence-corrected chi connectivity index (χ4v) is 13.2. The van der Waals surface area contributed by atoms with E-state index in [9.17, 15) is 33.9 Å². The molecule has 0 saturated heterocycles. The fourth-order valence-electron chi connectivity index (χ4n) is 9.70. The van der Waals surface area contributed by atoms with Crippen LogP contribution in [-0.4, -0.2) is 139 Å². The number of ether oxygens (including phenoxy) is 5. The van der Waals surface area contributed by atoms with Crippen LogP contribution in [0.3, 0.4) is 0 Å². The van der Waals surface area contributed by atoms with Gasteiger partial charge in [0.05, 0.1) is 71.6 Å². The van der Waals surface area contributed by atoms with E-state index in [4.69, 9.17) is 73.4 Å². The van der Waals surface area contributed by atoms with Gasteiger partial charge in [0, 0.05) is 32.7 Å². The van der Waals surface area contributed by atoms with E-state index < -0.39 is 45.4 Å². The average molecular weight is 1950 g/mol. The number of benzene rings is 6. The zero-order valence-corrected chi connectivity index (χ0v) is 85.4. The van der Waals surface area contributed by atoms with E-state index in [0.29, 0.717) is 68.3 Å². The van der Waals surface area contributed by atoms with Crippen molar-refractivity contribution in [3.63, 3.8) is 0 Å². The van der Waals surface area contributed by atoms with Gasteiger partial charge in [-0.2, -0.15) is 11.1 Å². The number of carbonyl (C=O) groups is 6. The molecule has 0 amide bonds. The number of esters is 5. The summed E-state index contributed by atoms with van der Waals surface area (Å²) < 4.78 is 44.6. The van der Waals surface area contributed by atoms with Gasteiger partial charge in [-0.1, -0.05) is 173 Å². The lowest BCUT2D eigenvalue weighted by atomic mass is 9.84. The van der Waals surface area contributed by atoms with E-state index in [2.05, 4.69) is 198 Å². The Morgan fingerprint density at radius 3 is 0.992 bits per heavy atom. The molecule has 6 N–H and O–H groups in total. The summed E-state index contributed by atoms with van der Waals surface area (Å²) in [5, 5.41) is 53.1. The number of carboxylic acid groups (broad SMARTS) is 1. The minimum Gasteiger partial charge on any atom is -0.543 e. The normalized spacial score (nSPS) is 13.0. The molecule has 0 radical (unpaired) electrons. The fraction of sp³-hybridized carbons (Fsp3) is 0.538. The van der Waals surface area contributed by atoms with Crippen LogP contribution >= 0.6 is 55.3 Å². The van der Waals surface area contributed by atoms with Gasteiger partial charge in [0.25, 0.3) is 0 Å². The van der Waals surface area contributed by atoms with Gasteiger partial charge in [-0.3, -0.25) is 28.8 Å². The lowest BCUT2D eigenvalue weighted by Gasteiger charge is -2.36. The van der Waals surface area contributed by atoms with Crippen molar-refractivity contribution in [1.82, 2.24) is 0 Å². The number of aromatic hydroxyl groups is 3. The third kappa shape index (κ3) is 45.2. The van der Waals surface area contributed by atoms with Crippen molar-refractivity contribution >= 4 is 131 Å². The van der Waals surface area contributed by atoms with Crippen molar-refractivity contribution in [1.29, 1.82) is 0 Å². The maximum Gasteiger partial charge on any atom is 0.454 e. The van der Waals surface area contributed by atoms with E-state index in [-0.39, 0.29) is 93.7 Å². The lowest BCUT2D eigenvalue weighted by molar-refractivity contribution is -0.143. The molecular weight excluding hydrogens is 1810 g/mol. The number of phenolic OH excluding ortho intramolecular Hbond substituents is 3. The second kappa shape index (κ2) is 53.0. The Hall–Kier alpha value is -6.48. The molecule has 3 aliphatic rings. The Bertz CT molecular complexity index is 4110. The molecule has 20 nitrogen and oxygen atoms in total. The molecule has 0 aliphatic heterocycles. The summed E-state index contributed by atoms with van der Waals surface area (Å²) in [5.41, 5.74) is 7.65. The van der Waals surface area contributed by atoms with Crippen molar-refractivity contribution in [3.05, 3.63) is 176 Å². The molecule has 0 aromatic heterocycles. The van der Waals surface area contributed by atoms with E-state index >= 15 is 0 Å². The third-order valence-electron chi connectivity index (χ3n) is 21.0. The minimum absolute atomic E-state index is 0.0472. The summed E-state index contributed by atoms with van der Waals surface area (Å²) in [7, 11) is -8.01. The van der Waals surface area contributed by atoms with Crippen molar-refractivity contribution in [2.24, 2.45) is 0 Å². The second-order valence-corrected chi connectivity index (χ2v) is 57.9. The Kier molecular flexibility index (Phi) is 49.2. The maximum absolute atomic E-state index is 11.9. The molecule has 120 heavy (non-hydrogen) atoms. The number of hydrogen-bond acceptors (Lipinski definition) is 19. The topological polar surface area (TPSA) is 298 Å². The smallest absolute Gasteiger partial charge is 0.454 e. The summed E-state index contributed by atoms with van der Waals surface area (Å²) in [4.78, 5) is 67.7. The van der Waals surface area contributed by atoms with E-state index in [1.54, 1.807) is 62.4 Å². The third-order valence-corrected chi connectivity index (χ3v) is 40.1. The molecule has 6 aromatic rings. The molecule has 3 aliphatic carbocycles. The van der Waals surface area contributed by atoms with Crippen LogP contribution in [-0.2, 0) is 91.0 Å². The molecule has 0 atom stereocenters. The van der Waals surface area contributed by atoms with Crippen molar-refractivity contribution in [2.45, 2.75) is 285 Å². The van der Waals surface area contributed by atoms with Gasteiger partial charge >= 0.3 is 42.9 Å². The highest BCUT2D eigenvalue weighted by Crippen LogP contribution is 2.46. The van der Waals surface area contributed by atoms with Crippen LogP contribution < -0.4 is 13.3 Å². The number of aliphatic carboxylic acids is 1. The molecule has 0 bridgehead atoms. The molecule has 670 valence electrons. The summed E-state index contributed by atoms with van der Waals surface area (Å²) >= 11 is 15.1. The molecular formula is C91H139BBr3ClO20Si4. The first-order chi connectivity index (χ1) is 55.5. The quantitative estimate of drug-likeness (QED) is 0.0127. The molecule has 9 rings (SSSR count). The van der Waals surface area contributed by atoms with Crippen LogP contribution in [0, 0.1) is 0 Å². The maximum atomic E-state index is 11.9. The molecule has 29 heteroatoms. The van der Waals surface area contributed by atoms with Gasteiger partial charge in [0.15, 0.2) is 7.38 Å². The van der Waals surface area contributed by atoms with E-state index in [1.165, 1.54) is 48.9 Å². The van der Waals surface area contributed by atoms with Gasteiger partial charge in [-0.25, -0.2) is 0 Å². The number of hydrogen-bond donors (Lipinski definition) is 6. The second-order valence-electron chi connectivity index (χ2n) is 35.6. The van der Waals surface area contributed by atoms with Crippen LogP contribution in [0.5, 0.6) is 34.5 Å². The zero-order chi connectivity index (χ0) is 92.0. The number of carboxylic acids is 1. The van der Waals surface area contributed by atoms with E-state index in [1.807, 2.05) is 69.3 Å². The lowest BCUT2D eigenvalue weighted by Crippen LogP contribution is -2.43. The van der Waals surface area contributed by atoms with Gasteiger partial charge < -0.3 is 67.4 Å². The predicted molar refractivity (Wildman–Crippen MR) is 506 cm³/mol. The number of carbonyl (C=O) groups excluding carboxylic acids is 5. The number of halogens is 4. The van der Waals surface area contributed by atoms with E-state index in [0.717, 1.165) is 62.4 Å². The molecule has 3 saturated carbocycles. The molecule has 0 heterocycles. The zero-order valence-electron chi connectivity index (χ0n) is 75.9. The molecule has 0 unspecified atom stereocenters. The standard InChI is InChI=1S/C19H30O3Si.C16H25BrO3Si.C16H26O3Si.C13H16O3.C10H12O3.C8H8O3.C6H15ClSi.C3H7BO2.Br2/c1-7-21-18(20)13-15-12-16(10-11-17(15)14-8-9-14)22-23(5,6)19(2,3)4;1-7-19-15(18)11-12-10-13(8-9-14(12)17)20-21(5,6)16(2,3)4;1-7-18-15(17)12-13-9-8-10-14(11-13)19-20(5,6)16(2,3)4;1-2-16-13(15)8-10-7-11(14)5-6-12(10)9-3-4-9;1-2-13-10(12)7-8-4-3-5-9(11)6-8;9-7-3-1-2-6(4-7)5-8(10)11;1-6(2,3)8(4,5)7;5-4(6)3-1-2-3;1-2/h10-12,14H,7-9,13H2,1-6H3;8-10H,7,11H2,1-6H3;8-11H,7,12H2,1-6H3;5-7,9,14H,2-4,8H2,1H3;3-6,11H,2,7H2,1H3;1-4,9H,5H2,(H,10,11);1-5H3;3,5-6H,1-2H2;. The number of rotatable bonds is 26. The highest BCUT2D eigenvalue weighted by molar-refractivity contribution is 9.93. The van der Waals surface area contributed by atoms with Gasteiger partial charge in [0.2, 0.25) is 25.0 Å². The Labute approximate surface area is 749 Å². The van der Waals surface area contributed by atoms with Crippen LogP contribution in [0.1, 0.15) is 213 Å². The van der Waals surface area contributed by atoms with Crippen LogP contribution in [0.2, 0.25) is 78.3 Å². The van der Waals surface area contributed by atoms with Crippen LogP contribution in [0.15, 0.2) is 132 Å². The Morgan fingerprint density at radius 1 is 0.392 bits per heavy atom. The number of phenols is 3. The molecule has 0 spiro atoms. The minimum atomic E-state index is -1.87. The largest absolute Gasteiger partial charge is 0.543 e. The SMILES string of the molecule is BrBr.CC(C)(C)[Si](C)(C)Cl.CCOC(=O)Cc1cc(O)ccc1C1CC1.CCOC(=O)Cc1cc(O[Si](C)(C)C(C)(C)C)ccc1Br.CCOC(=O)Cc1cc(O[Si](C)(C)C(C)(C)C)ccc1C1CC1.CCOC(=O)Cc1cccc(O)c1.CCOC(=O)Cc1cccc(O[Si](C)(C)C(C)(C)C)c1.O=C(O)Cc1cccc(O)c1.OB(O)C1CC1. The first-order valence-electron chi connectivity index (χ1n) is 41.2. The first-order valence-corrected chi connectivity index (χ1v) is 58.4. The molecule has 3 fully saturated rings. The molecule has 6 aromatic carbocycles. The van der Waals surface area contributed by atoms with Crippen molar-refractivity contribution in [2.75, 3.05) is 33.0 Å². The van der Waals surface area contributed by atoms with Gasteiger partial charge in [0.1, 0.15) is 34.5 Å². The predicted octanol–water partition coefficient (Wildman–Crippen LogP) is 23.6. The highest BCUT2D eigenvalue weighted by Gasteiger charge is 2.42. The Morgan fingerprint density at radius 2 is 0.683 bits per heavy atom. The summed E-state index contributed by atoms with van der Waals surface area (Å²) in [6, 6.07) is 37.9. The summed E-state index contributed by atoms with van der Waals surface area (Å²) in [6.07, 6.45) is 8.11. The van der Waals surface area contributed by atoms with Crippen molar-refractivity contribution < 1.29 is 96.2 Å². The first kappa shape index (κ1) is 112. The Balaban J connectivity index is 0.000000701.